The molecule has 30 heavy (non-hydrogen) atoms. The molecule has 7 nitrogen and oxygen atoms in total. The van der Waals surface area contributed by atoms with Crippen LogP contribution in [0.5, 0.6) is 11.5 Å². The van der Waals surface area contributed by atoms with Gasteiger partial charge in [0.05, 0.1) is 26.4 Å². The minimum Gasteiger partial charge on any atom is -0.490 e. The summed E-state index contributed by atoms with van der Waals surface area (Å²) in [7, 11) is 1.81. The lowest BCUT2D eigenvalue weighted by molar-refractivity contribution is 0.0320. The lowest BCUT2D eigenvalue weighted by Crippen LogP contribution is -2.44. The molecule has 1 aromatic rings. The summed E-state index contributed by atoms with van der Waals surface area (Å²) in [6, 6.07) is 6.15. The van der Waals surface area contributed by atoms with E-state index in [2.05, 4.69) is 39.6 Å². The minimum atomic E-state index is 0. The second-order valence-electron chi connectivity index (χ2n) is 7.30. The van der Waals surface area contributed by atoms with Crippen molar-refractivity contribution in [2.45, 2.75) is 27.2 Å². The van der Waals surface area contributed by atoms with Gasteiger partial charge in [-0.25, -0.2) is 0 Å². The first-order valence-electron chi connectivity index (χ1n) is 10.8. The van der Waals surface area contributed by atoms with Crippen molar-refractivity contribution in [1.82, 2.24) is 15.5 Å². The molecule has 1 heterocycles. The number of aliphatic imine (C=N–C) groups is 1. The van der Waals surface area contributed by atoms with E-state index in [1.165, 1.54) is 5.56 Å². The molecule has 0 radical (unpaired) electrons. The second kappa shape index (κ2) is 15.5. The van der Waals surface area contributed by atoms with Crippen LogP contribution in [-0.4, -0.2) is 77.1 Å². The number of nitrogens with one attached hydrogen (secondary N) is 2. The molecule has 1 aliphatic rings. The summed E-state index contributed by atoms with van der Waals surface area (Å²) in [5, 5.41) is 6.84. The fourth-order valence-corrected chi connectivity index (χ4v) is 3.36. The Morgan fingerprint density at radius 3 is 2.50 bits per heavy atom. The van der Waals surface area contributed by atoms with E-state index in [9.17, 15) is 0 Å². The molecular weight excluding hydrogens is 495 g/mol. The molecule has 1 aliphatic heterocycles. The molecule has 0 saturated carbocycles. The van der Waals surface area contributed by atoms with Gasteiger partial charge in [-0.1, -0.05) is 13.0 Å². The Morgan fingerprint density at radius 2 is 1.83 bits per heavy atom. The second-order valence-corrected chi connectivity index (χ2v) is 7.30. The maximum absolute atomic E-state index is 5.71. The SMILES string of the molecule is CCOc1ccc(CCNC(=NC)NCC(C)CN2CCOCC2)cc1OCC.I. The van der Waals surface area contributed by atoms with Crippen LogP contribution < -0.4 is 20.1 Å². The summed E-state index contributed by atoms with van der Waals surface area (Å²) in [5.74, 6) is 3.00. The molecule has 2 N–H and O–H groups in total. The molecule has 1 saturated heterocycles. The van der Waals surface area contributed by atoms with Gasteiger partial charge in [0.2, 0.25) is 0 Å². The predicted octanol–water partition coefficient (Wildman–Crippen LogP) is 2.78. The molecule has 1 unspecified atom stereocenters. The average molecular weight is 534 g/mol. The van der Waals surface area contributed by atoms with Gasteiger partial charge < -0.3 is 24.8 Å². The van der Waals surface area contributed by atoms with Gasteiger partial charge in [0.15, 0.2) is 17.5 Å². The first kappa shape index (κ1) is 26.8. The zero-order chi connectivity index (χ0) is 20.9. The highest BCUT2D eigenvalue weighted by atomic mass is 127. The highest BCUT2D eigenvalue weighted by Crippen LogP contribution is 2.28. The fourth-order valence-electron chi connectivity index (χ4n) is 3.36. The van der Waals surface area contributed by atoms with Crippen LogP contribution in [0.1, 0.15) is 26.3 Å². The molecule has 172 valence electrons. The van der Waals surface area contributed by atoms with Crippen molar-refractivity contribution in [2.75, 3.05) is 66.2 Å². The van der Waals surface area contributed by atoms with Gasteiger partial charge in [-0.05, 0) is 43.9 Å². The number of hydrogen-bond donors (Lipinski definition) is 2. The smallest absolute Gasteiger partial charge is 0.190 e. The van der Waals surface area contributed by atoms with E-state index in [0.29, 0.717) is 19.1 Å². The largest absolute Gasteiger partial charge is 0.490 e. The normalized spacial score (nSPS) is 15.8. The number of morpholine rings is 1. The van der Waals surface area contributed by atoms with Gasteiger partial charge in [-0.15, -0.1) is 24.0 Å². The predicted molar refractivity (Wildman–Crippen MR) is 134 cm³/mol. The third kappa shape index (κ3) is 9.70. The van der Waals surface area contributed by atoms with Crippen molar-refractivity contribution in [3.8, 4) is 11.5 Å². The highest BCUT2D eigenvalue weighted by Gasteiger charge is 2.14. The monoisotopic (exact) mass is 534 g/mol. The van der Waals surface area contributed by atoms with Crippen molar-refractivity contribution in [2.24, 2.45) is 10.9 Å². The summed E-state index contributed by atoms with van der Waals surface area (Å²) < 4.78 is 16.8. The quantitative estimate of drug-likeness (QED) is 0.259. The number of ether oxygens (including phenoxy) is 3. The molecule has 0 spiro atoms. The van der Waals surface area contributed by atoms with Gasteiger partial charge in [-0.3, -0.25) is 9.89 Å². The van der Waals surface area contributed by atoms with Crippen LogP contribution in [0, 0.1) is 5.92 Å². The zero-order valence-corrected chi connectivity index (χ0v) is 21.2. The third-order valence-corrected chi connectivity index (χ3v) is 4.83. The minimum absolute atomic E-state index is 0. The Labute approximate surface area is 199 Å². The van der Waals surface area contributed by atoms with Crippen LogP contribution in [-0.2, 0) is 11.2 Å². The summed E-state index contributed by atoms with van der Waals surface area (Å²) in [6.45, 7) is 14.0. The Kier molecular flexibility index (Phi) is 13.9. The average Bonchev–Trinajstić information content (AvgIpc) is 2.73. The number of hydrogen-bond acceptors (Lipinski definition) is 5. The molecule has 0 amide bonds. The summed E-state index contributed by atoms with van der Waals surface area (Å²) >= 11 is 0. The molecule has 1 atom stereocenters. The van der Waals surface area contributed by atoms with Gasteiger partial charge >= 0.3 is 0 Å². The molecule has 1 fully saturated rings. The number of rotatable bonds is 11. The van der Waals surface area contributed by atoms with Gasteiger partial charge in [0.1, 0.15) is 0 Å². The summed E-state index contributed by atoms with van der Waals surface area (Å²) in [5.41, 5.74) is 1.21. The van der Waals surface area contributed by atoms with E-state index in [0.717, 1.165) is 69.8 Å². The fraction of sp³-hybridized carbons (Fsp3) is 0.682. The number of guanidine groups is 1. The Hall–Kier alpha value is -1.26. The molecule has 8 heteroatoms. The summed E-state index contributed by atoms with van der Waals surface area (Å²) in [4.78, 5) is 6.81. The first-order valence-corrected chi connectivity index (χ1v) is 10.8. The van der Waals surface area contributed by atoms with Gasteiger partial charge in [0.25, 0.3) is 0 Å². The Balaban J connectivity index is 0.00000450. The van der Waals surface area contributed by atoms with E-state index in [1.807, 2.05) is 27.0 Å². The van der Waals surface area contributed by atoms with Crippen molar-refractivity contribution >= 4 is 29.9 Å². The first-order chi connectivity index (χ1) is 14.2. The zero-order valence-electron chi connectivity index (χ0n) is 18.9. The molecule has 0 bridgehead atoms. The van der Waals surface area contributed by atoms with Crippen molar-refractivity contribution in [3.63, 3.8) is 0 Å². The van der Waals surface area contributed by atoms with E-state index in [1.54, 1.807) is 0 Å². The topological polar surface area (TPSA) is 67.4 Å². The maximum atomic E-state index is 5.71. The van der Waals surface area contributed by atoms with Crippen LogP contribution in [0.2, 0.25) is 0 Å². The number of benzene rings is 1. The molecule has 1 aromatic carbocycles. The van der Waals surface area contributed by atoms with E-state index >= 15 is 0 Å². The van der Waals surface area contributed by atoms with Gasteiger partial charge in [-0.2, -0.15) is 0 Å². The van der Waals surface area contributed by atoms with Crippen molar-refractivity contribution in [3.05, 3.63) is 23.8 Å². The van der Waals surface area contributed by atoms with Crippen molar-refractivity contribution < 1.29 is 14.2 Å². The van der Waals surface area contributed by atoms with E-state index in [4.69, 9.17) is 14.2 Å². The molecular formula is C22H39IN4O3. The Morgan fingerprint density at radius 1 is 1.13 bits per heavy atom. The van der Waals surface area contributed by atoms with Crippen molar-refractivity contribution in [1.29, 1.82) is 0 Å². The molecule has 0 aliphatic carbocycles. The molecule has 2 rings (SSSR count). The van der Waals surface area contributed by atoms with E-state index < -0.39 is 0 Å². The van der Waals surface area contributed by atoms with Crippen LogP contribution in [0.25, 0.3) is 0 Å². The maximum Gasteiger partial charge on any atom is 0.190 e. The number of nitrogens with zero attached hydrogens (tertiary/aromatic N) is 2. The Bertz CT molecular complexity index is 624. The van der Waals surface area contributed by atoms with Gasteiger partial charge in [0, 0.05) is 39.8 Å². The van der Waals surface area contributed by atoms with Crippen LogP contribution >= 0.6 is 24.0 Å². The van der Waals surface area contributed by atoms with Crippen LogP contribution in [0.4, 0.5) is 0 Å². The lowest BCUT2D eigenvalue weighted by atomic mass is 10.1. The van der Waals surface area contributed by atoms with Crippen LogP contribution in [0.15, 0.2) is 23.2 Å². The standard InChI is InChI=1S/C22H38N4O3.HI/c1-5-28-20-8-7-19(15-21(20)29-6-2)9-10-24-22(23-4)25-16-18(3)17-26-11-13-27-14-12-26;/h7-8,15,18H,5-6,9-14,16-17H2,1-4H3,(H2,23,24,25);1H. The highest BCUT2D eigenvalue weighted by molar-refractivity contribution is 14.0. The summed E-state index contributed by atoms with van der Waals surface area (Å²) in [6.07, 6.45) is 0.885. The third-order valence-electron chi connectivity index (χ3n) is 4.83. The van der Waals surface area contributed by atoms with Crippen LogP contribution in [0.3, 0.4) is 0 Å². The van der Waals surface area contributed by atoms with E-state index in [-0.39, 0.29) is 24.0 Å². The lowest BCUT2D eigenvalue weighted by Gasteiger charge is -2.29. The molecule has 0 aromatic heterocycles. The number of halogens is 1.